The number of aryl methyl sites for hydroxylation is 4. The third kappa shape index (κ3) is 2.86. The maximum Gasteiger partial charge on any atom is 0.178 e. The molecule has 2 aromatic carbocycles. The van der Waals surface area contributed by atoms with Crippen LogP contribution in [0.3, 0.4) is 0 Å². The van der Waals surface area contributed by atoms with E-state index in [1.54, 1.807) is 0 Å². The van der Waals surface area contributed by atoms with Crippen LogP contribution in [0.4, 0.5) is 0 Å². The normalized spacial score (nSPS) is 11.1. The lowest BCUT2D eigenvalue weighted by Gasteiger charge is -2.15. The number of aliphatic hydroxyl groups is 2. The first kappa shape index (κ1) is 13.8. The molecule has 2 aromatic rings. The molecule has 0 heterocycles. The monoisotopic (exact) mass is 256 g/mol. The van der Waals surface area contributed by atoms with Gasteiger partial charge in [-0.1, -0.05) is 41.5 Å². The van der Waals surface area contributed by atoms with Crippen LogP contribution in [0.2, 0.25) is 0 Å². The Bertz CT molecular complexity index is 569. The molecule has 2 rings (SSSR count). The van der Waals surface area contributed by atoms with Gasteiger partial charge in [0.05, 0.1) is 0 Å². The quantitative estimate of drug-likeness (QED) is 0.806. The third-order valence-electron chi connectivity index (χ3n) is 3.41. The van der Waals surface area contributed by atoms with Gasteiger partial charge in [-0.15, -0.1) is 0 Å². The summed E-state index contributed by atoms with van der Waals surface area (Å²) < 4.78 is 0. The summed E-state index contributed by atoms with van der Waals surface area (Å²) in [6.45, 7) is 7.99. The predicted octanol–water partition coefficient (Wildman–Crippen LogP) is 3.57. The number of hydrogen-bond acceptors (Lipinski definition) is 2. The van der Waals surface area contributed by atoms with E-state index >= 15 is 0 Å². The Hall–Kier alpha value is -1.64. The second-order valence-electron chi connectivity index (χ2n) is 5.27. The van der Waals surface area contributed by atoms with Crippen molar-refractivity contribution in [3.63, 3.8) is 0 Å². The van der Waals surface area contributed by atoms with Crippen LogP contribution in [-0.2, 0) is 0 Å². The van der Waals surface area contributed by atoms with E-state index in [9.17, 15) is 10.2 Å². The van der Waals surface area contributed by atoms with Gasteiger partial charge in [0.25, 0.3) is 0 Å². The van der Waals surface area contributed by atoms with E-state index in [2.05, 4.69) is 32.0 Å². The van der Waals surface area contributed by atoms with Crippen molar-refractivity contribution in [1.82, 2.24) is 0 Å². The molecule has 2 nitrogen and oxygen atoms in total. The van der Waals surface area contributed by atoms with Crippen molar-refractivity contribution in [2.75, 3.05) is 0 Å². The number of rotatable bonds is 2. The van der Waals surface area contributed by atoms with Crippen LogP contribution in [0, 0.1) is 27.7 Å². The molecule has 0 aromatic heterocycles. The van der Waals surface area contributed by atoms with E-state index in [4.69, 9.17) is 0 Å². The molecule has 0 aliphatic rings. The second-order valence-corrected chi connectivity index (χ2v) is 5.27. The third-order valence-corrected chi connectivity index (χ3v) is 3.41. The first-order valence-corrected chi connectivity index (χ1v) is 6.44. The van der Waals surface area contributed by atoms with Gasteiger partial charge in [-0.05, 0) is 49.9 Å². The van der Waals surface area contributed by atoms with Crippen molar-refractivity contribution in [2.24, 2.45) is 0 Å². The van der Waals surface area contributed by atoms with Gasteiger partial charge in [0.1, 0.15) is 0 Å². The van der Waals surface area contributed by atoms with Gasteiger partial charge >= 0.3 is 0 Å². The first-order valence-electron chi connectivity index (χ1n) is 6.44. The van der Waals surface area contributed by atoms with Crippen LogP contribution in [-0.4, -0.2) is 10.2 Å². The molecule has 0 atom stereocenters. The molecule has 0 spiro atoms. The van der Waals surface area contributed by atoms with Gasteiger partial charge in [-0.2, -0.15) is 0 Å². The summed E-state index contributed by atoms with van der Waals surface area (Å²) in [5, 5.41) is 18.8. The fourth-order valence-corrected chi connectivity index (χ4v) is 2.69. The highest BCUT2D eigenvalue weighted by Crippen LogP contribution is 2.29. The summed E-state index contributed by atoms with van der Waals surface area (Å²) >= 11 is 0. The van der Waals surface area contributed by atoms with Gasteiger partial charge in [0, 0.05) is 5.56 Å². The summed E-state index contributed by atoms with van der Waals surface area (Å²) in [4.78, 5) is 0. The molecule has 0 saturated heterocycles. The minimum absolute atomic E-state index is 0.605. The summed E-state index contributed by atoms with van der Waals surface area (Å²) in [5.41, 5.74) is 7.17. The highest BCUT2D eigenvalue weighted by Gasteiger charge is 2.12. The van der Waals surface area contributed by atoms with Gasteiger partial charge in [0.15, 0.2) is 6.29 Å². The molecule has 100 valence electrons. The van der Waals surface area contributed by atoms with Crippen LogP contribution < -0.4 is 0 Å². The number of aliphatic hydroxyl groups excluding tert-OH is 1. The largest absolute Gasteiger partial charge is 0.364 e. The van der Waals surface area contributed by atoms with E-state index in [-0.39, 0.29) is 0 Å². The summed E-state index contributed by atoms with van der Waals surface area (Å²) in [7, 11) is 0. The molecule has 0 fully saturated rings. The van der Waals surface area contributed by atoms with Gasteiger partial charge < -0.3 is 10.2 Å². The van der Waals surface area contributed by atoms with E-state index in [0.29, 0.717) is 5.56 Å². The van der Waals surface area contributed by atoms with Crippen LogP contribution in [0.1, 0.15) is 34.1 Å². The Morgan fingerprint density at radius 2 is 1.11 bits per heavy atom. The maximum atomic E-state index is 9.39. The molecule has 0 bridgehead atoms. The molecule has 0 unspecified atom stereocenters. The van der Waals surface area contributed by atoms with Crippen molar-refractivity contribution in [3.05, 3.63) is 58.1 Å². The fourth-order valence-electron chi connectivity index (χ4n) is 2.69. The highest BCUT2D eigenvalue weighted by molar-refractivity contribution is 5.67. The van der Waals surface area contributed by atoms with Crippen molar-refractivity contribution in [1.29, 1.82) is 0 Å². The summed E-state index contributed by atoms with van der Waals surface area (Å²) in [6, 6.07) is 10.5. The molecule has 0 radical (unpaired) electrons. The van der Waals surface area contributed by atoms with Gasteiger partial charge in [0.2, 0.25) is 0 Å². The molecular formula is C17H20O2. The minimum Gasteiger partial charge on any atom is -0.364 e. The topological polar surface area (TPSA) is 40.5 Å². The lowest BCUT2D eigenvalue weighted by Crippen LogP contribution is -2.02. The molecule has 0 amide bonds. The van der Waals surface area contributed by atoms with Crippen LogP contribution in [0.5, 0.6) is 0 Å². The van der Waals surface area contributed by atoms with Crippen LogP contribution in [0.15, 0.2) is 30.3 Å². The van der Waals surface area contributed by atoms with E-state index in [1.807, 2.05) is 26.0 Å². The Balaban J connectivity index is 2.58. The van der Waals surface area contributed by atoms with Crippen molar-refractivity contribution in [2.45, 2.75) is 34.0 Å². The highest BCUT2D eigenvalue weighted by atomic mass is 16.5. The zero-order chi connectivity index (χ0) is 14.2. The SMILES string of the molecule is Cc1cc(C)cc(-c2cc(C)c(C(O)O)c(C)c2)c1. The maximum absolute atomic E-state index is 9.39. The lowest BCUT2D eigenvalue weighted by atomic mass is 9.94. The number of hydrogen-bond donors (Lipinski definition) is 2. The molecule has 2 N–H and O–H groups in total. The predicted molar refractivity (Wildman–Crippen MR) is 78.0 cm³/mol. The minimum atomic E-state index is -1.41. The lowest BCUT2D eigenvalue weighted by molar-refractivity contribution is -0.0433. The average molecular weight is 256 g/mol. The molecule has 0 saturated carbocycles. The van der Waals surface area contributed by atoms with Crippen LogP contribution in [0.25, 0.3) is 11.1 Å². The molecule has 0 aliphatic heterocycles. The van der Waals surface area contributed by atoms with Crippen molar-refractivity contribution < 1.29 is 10.2 Å². The van der Waals surface area contributed by atoms with E-state index in [1.165, 1.54) is 16.7 Å². The second kappa shape index (κ2) is 5.16. The molecule has 2 heteroatoms. The Kier molecular flexibility index (Phi) is 3.74. The zero-order valence-electron chi connectivity index (χ0n) is 11.9. The Morgan fingerprint density at radius 3 is 1.53 bits per heavy atom. The molecular weight excluding hydrogens is 236 g/mol. The van der Waals surface area contributed by atoms with E-state index < -0.39 is 6.29 Å². The van der Waals surface area contributed by atoms with Crippen molar-refractivity contribution in [3.8, 4) is 11.1 Å². The Morgan fingerprint density at radius 1 is 0.684 bits per heavy atom. The smallest absolute Gasteiger partial charge is 0.178 e. The van der Waals surface area contributed by atoms with Gasteiger partial charge in [-0.3, -0.25) is 0 Å². The van der Waals surface area contributed by atoms with Crippen molar-refractivity contribution >= 4 is 0 Å². The molecule has 19 heavy (non-hydrogen) atoms. The Labute approximate surface area is 114 Å². The standard InChI is InChI=1S/C17H20O2/c1-10-5-11(2)7-14(6-10)15-8-12(3)16(17(18)19)13(4)9-15/h5-9,17-19H,1-4H3. The summed E-state index contributed by atoms with van der Waals surface area (Å²) in [6.07, 6.45) is -1.41. The van der Waals surface area contributed by atoms with Gasteiger partial charge in [-0.25, -0.2) is 0 Å². The average Bonchev–Trinajstić information content (AvgIpc) is 2.25. The summed E-state index contributed by atoms with van der Waals surface area (Å²) in [5.74, 6) is 0. The number of benzene rings is 2. The fraction of sp³-hybridized carbons (Fsp3) is 0.294. The van der Waals surface area contributed by atoms with E-state index in [0.717, 1.165) is 16.7 Å². The zero-order valence-corrected chi connectivity index (χ0v) is 11.9. The first-order chi connectivity index (χ1) is 8.88. The van der Waals surface area contributed by atoms with Crippen LogP contribution >= 0.6 is 0 Å². The molecule has 0 aliphatic carbocycles.